The minimum Gasteiger partial charge on any atom is -0.505 e. The number of hydrogen-bond donors (Lipinski definition) is 2. The number of benzene rings is 2. The summed E-state index contributed by atoms with van der Waals surface area (Å²) in [6.45, 7) is 0. The first kappa shape index (κ1) is 11.1. The van der Waals surface area contributed by atoms with Crippen LogP contribution >= 0.6 is 0 Å². The minimum absolute atomic E-state index is 0.174. The average Bonchev–Trinajstić information content (AvgIpc) is 2.33. The van der Waals surface area contributed by atoms with Gasteiger partial charge in [0, 0.05) is 0 Å². The lowest BCUT2D eigenvalue weighted by Gasteiger charge is -2.03. The molecule has 2 aromatic rings. The summed E-state index contributed by atoms with van der Waals surface area (Å²) in [5.41, 5.74) is 1.44. The second kappa shape index (κ2) is 4.25. The molecule has 0 amide bonds. The molecule has 0 radical (unpaired) electrons. The van der Waals surface area contributed by atoms with Gasteiger partial charge in [-0.2, -0.15) is 0 Å². The molecule has 0 saturated heterocycles. The monoisotopic (exact) mass is 232 g/mol. The van der Waals surface area contributed by atoms with E-state index in [9.17, 15) is 9.18 Å². The van der Waals surface area contributed by atoms with E-state index in [1.165, 1.54) is 24.3 Å². The standard InChI is InChI=1S/C13H9FO3/c14-11-7-10(5-6-12(11)15)8-1-3-9(4-2-8)13(16)17/h1-7,15H,(H,16,17). The van der Waals surface area contributed by atoms with Gasteiger partial charge in [0.25, 0.3) is 0 Å². The molecule has 0 spiro atoms. The van der Waals surface area contributed by atoms with E-state index in [4.69, 9.17) is 10.2 Å². The number of phenols is 1. The maximum Gasteiger partial charge on any atom is 0.335 e. The lowest BCUT2D eigenvalue weighted by Crippen LogP contribution is -1.94. The number of aromatic carboxylic acids is 1. The van der Waals surface area contributed by atoms with E-state index in [1.807, 2.05) is 0 Å². The van der Waals surface area contributed by atoms with Gasteiger partial charge in [-0.05, 0) is 35.4 Å². The van der Waals surface area contributed by atoms with Crippen LogP contribution in [-0.2, 0) is 0 Å². The van der Waals surface area contributed by atoms with Crippen molar-refractivity contribution in [1.82, 2.24) is 0 Å². The predicted octanol–water partition coefficient (Wildman–Crippen LogP) is 2.90. The molecular weight excluding hydrogens is 223 g/mol. The molecule has 2 N–H and O–H groups in total. The van der Waals surface area contributed by atoms with E-state index in [0.29, 0.717) is 11.1 Å². The first-order chi connectivity index (χ1) is 8.08. The number of aromatic hydroxyl groups is 1. The zero-order chi connectivity index (χ0) is 12.4. The van der Waals surface area contributed by atoms with Gasteiger partial charge in [0.2, 0.25) is 0 Å². The summed E-state index contributed by atoms with van der Waals surface area (Å²) in [5.74, 6) is -2.12. The van der Waals surface area contributed by atoms with Gasteiger partial charge in [0.1, 0.15) is 0 Å². The van der Waals surface area contributed by atoms with Crippen LogP contribution in [0.5, 0.6) is 5.75 Å². The SMILES string of the molecule is O=C(O)c1ccc(-c2ccc(O)c(F)c2)cc1. The molecule has 0 aromatic heterocycles. The highest BCUT2D eigenvalue weighted by molar-refractivity contribution is 5.88. The van der Waals surface area contributed by atoms with Crippen molar-refractivity contribution in [3.63, 3.8) is 0 Å². The van der Waals surface area contributed by atoms with Crippen molar-refractivity contribution >= 4 is 5.97 Å². The van der Waals surface area contributed by atoms with Crippen LogP contribution in [0.3, 0.4) is 0 Å². The van der Waals surface area contributed by atoms with Crippen molar-refractivity contribution < 1.29 is 19.4 Å². The van der Waals surface area contributed by atoms with Crippen molar-refractivity contribution in [2.45, 2.75) is 0 Å². The fourth-order valence-electron chi connectivity index (χ4n) is 1.49. The van der Waals surface area contributed by atoms with E-state index in [0.717, 1.165) is 0 Å². The topological polar surface area (TPSA) is 57.5 Å². The highest BCUT2D eigenvalue weighted by atomic mass is 19.1. The van der Waals surface area contributed by atoms with Crippen LogP contribution in [0, 0.1) is 5.82 Å². The van der Waals surface area contributed by atoms with E-state index in [2.05, 4.69) is 0 Å². The second-order valence-corrected chi connectivity index (χ2v) is 3.55. The van der Waals surface area contributed by atoms with Gasteiger partial charge < -0.3 is 10.2 Å². The van der Waals surface area contributed by atoms with Gasteiger partial charge in [-0.1, -0.05) is 18.2 Å². The number of carboxylic acids is 1. The Kier molecular flexibility index (Phi) is 2.78. The van der Waals surface area contributed by atoms with Gasteiger partial charge >= 0.3 is 5.97 Å². The summed E-state index contributed by atoms with van der Waals surface area (Å²) in [5, 5.41) is 17.8. The first-order valence-corrected chi connectivity index (χ1v) is 4.90. The molecular formula is C13H9FO3. The molecule has 4 heteroatoms. The zero-order valence-electron chi connectivity index (χ0n) is 8.72. The maximum atomic E-state index is 13.1. The smallest absolute Gasteiger partial charge is 0.335 e. The van der Waals surface area contributed by atoms with Crippen molar-refractivity contribution in [2.24, 2.45) is 0 Å². The number of rotatable bonds is 2. The molecule has 0 bridgehead atoms. The Morgan fingerprint density at radius 3 is 2.12 bits per heavy atom. The Bertz CT molecular complexity index is 561. The van der Waals surface area contributed by atoms with Crippen LogP contribution in [0.15, 0.2) is 42.5 Å². The summed E-state index contributed by atoms with van der Waals surface area (Å²) in [6.07, 6.45) is 0. The number of carbonyl (C=O) groups is 1. The second-order valence-electron chi connectivity index (χ2n) is 3.55. The molecule has 2 rings (SSSR count). The van der Waals surface area contributed by atoms with Gasteiger partial charge in [-0.3, -0.25) is 0 Å². The Morgan fingerprint density at radius 1 is 1.00 bits per heavy atom. The molecule has 0 saturated carbocycles. The van der Waals surface area contributed by atoms with Gasteiger partial charge in [0.05, 0.1) is 5.56 Å². The molecule has 3 nitrogen and oxygen atoms in total. The molecule has 17 heavy (non-hydrogen) atoms. The van der Waals surface area contributed by atoms with E-state index >= 15 is 0 Å². The summed E-state index contributed by atoms with van der Waals surface area (Å²) >= 11 is 0. The zero-order valence-corrected chi connectivity index (χ0v) is 8.72. The largest absolute Gasteiger partial charge is 0.505 e. The third-order valence-electron chi connectivity index (χ3n) is 2.41. The van der Waals surface area contributed by atoms with Crippen molar-refractivity contribution in [2.75, 3.05) is 0 Å². The van der Waals surface area contributed by atoms with E-state index < -0.39 is 17.5 Å². The molecule has 0 aliphatic heterocycles. The number of halogens is 1. The lowest BCUT2D eigenvalue weighted by atomic mass is 10.0. The summed E-state index contributed by atoms with van der Waals surface area (Å²) in [4.78, 5) is 10.7. The third-order valence-corrected chi connectivity index (χ3v) is 2.41. The Balaban J connectivity index is 2.39. The Hall–Kier alpha value is -2.36. The van der Waals surface area contributed by atoms with Crippen LogP contribution in [0.25, 0.3) is 11.1 Å². The molecule has 0 aliphatic carbocycles. The molecule has 0 fully saturated rings. The molecule has 0 heterocycles. The first-order valence-electron chi connectivity index (χ1n) is 4.90. The van der Waals surface area contributed by atoms with Gasteiger partial charge in [0.15, 0.2) is 11.6 Å². The number of phenolic OH excluding ortho intramolecular Hbond substituents is 1. The summed E-state index contributed by atoms with van der Waals surface area (Å²) < 4.78 is 13.1. The third kappa shape index (κ3) is 2.25. The van der Waals surface area contributed by atoms with E-state index in [-0.39, 0.29) is 5.56 Å². The van der Waals surface area contributed by atoms with E-state index in [1.54, 1.807) is 18.2 Å². The molecule has 0 aliphatic rings. The van der Waals surface area contributed by atoms with Crippen LogP contribution in [0.2, 0.25) is 0 Å². The minimum atomic E-state index is -1.01. The fourth-order valence-corrected chi connectivity index (χ4v) is 1.49. The lowest BCUT2D eigenvalue weighted by molar-refractivity contribution is 0.0697. The van der Waals surface area contributed by atoms with Gasteiger partial charge in [-0.15, -0.1) is 0 Å². The number of hydrogen-bond acceptors (Lipinski definition) is 2. The Morgan fingerprint density at radius 2 is 1.59 bits per heavy atom. The molecule has 0 unspecified atom stereocenters. The summed E-state index contributed by atoms with van der Waals surface area (Å²) in [6, 6.07) is 10.1. The molecule has 86 valence electrons. The number of carboxylic acid groups (broad SMARTS) is 1. The van der Waals surface area contributed by atoms with Crippen molar-refractivity contribution in [3.8, 4) is 16.9 Å². The van der Waals surface area contributed by atoms with Crippen LogP contribution < -0.4 is 0 Å². The molecule has 0 atom stereocenters. The fraction of sp³-hybridized carbons (Fsp3) is 0. The van der Waals surface area contributed by atoms with Crippen molar-refractivity contribution in [3.05, 3.63) is 53.8 Å². The predicted molar refractivity (Wildman–Crippen MR) is 60.5 cm³/mol. The highest BCUT2D eigenvalue weighted by Gasteiger charge is 2.05. The van der Waals surface area contributed by atoms with Gasteiger partial charge in [-0.25, -0.2) is 9.18 Å². The van der Waals surface area contributed by atoms with Crippen LogP contribution in [0.4, 0.5) is 4.39 Å². The molecule has 2 aromatic carbocycles. The maximum absolute atomic E-state index is 13.1. The average molecular weight is 232 g/mol. The highest BCUT2D eigenvalue weighted by Crippen LogP contribution is 2.24. The van der Waals surface area contributed by atoms with Crippen molar-refractivity contribution in [1.29, 1.82) is 0 Å². The quantitative estimate of drug-likeness (QED) is 0.836. The normalized spacial score (nSPS) is 10.2. The van der Waals surface area contributed by atoms with Crippen LogP contribution in [0.1, 0.15) is 10.4 Å². The van der Waals surface area contributed by atoms with Crippen LogP contribution in [-0.4, -0.2) is 16.2 Å². The Labute approximate surface area is 96.8 Å². The summed E-state index contributed by atoms with van der Waals surface area (Å²) in [7, 11) is 0.